The Morgan fingerprint density at radius 2 is 2.18 bits per heavy atom. The van der Waals surface area contributed by atoms with Crippen molar-refractivity contribution in [2.75, 3.05) is 13.2 Å². The van der Waals surface area contributed by atoms with Gasteiger partial charge in [-0.1, -0.05) is 19.9 Å². The molecule has 3 nitrogen and oxygen atoms in total. The molecule has 0 saturated carbocycles. The van der Waals surface area contributed by atoms with Gasteiger partial charge in [-0.15, -0.1) is 0 Å². The van der Waals surface area contributed by atoms with E-state index in [-0.39, 0.29) is 5.88 Å². The van der Waals surface area contributed by atoms with E-state index in [2.05, 4.69) is 24.1 Å². The zero-order valence-corrected chi connectivity index (χ0v) is 10.1. The van der Waals surface area contributed by atoms with Crippen LogP contribution in [0.1, 0.15) is 19.4 Å². The molecule has 5 heteroatoms. The summed E-state index contributed by atoms with van der Waals surface area (Å²) in [5.41, 5.74) is 0.800. The number of nitrogens with zero attached hydrogens (tertiary/aromatic N) is 1. The molecule has 17 heavy (non-hydrogen) atoms. The van der Waals surface area contributed by atoms with Gasteiger partial charge < -0.3 is 10.1 Å². The van der Waals surface area contributed by atoms with Crippen molar-refractivity contribution in [3.8, 4) is 5.88 Å². The molecule has 1 N–H and O–H groups in total. The van der Waals surface area contributed by atoms with E-state index >= 15 is 0 Å². The molecule has 1 aromatic heterocycles. The van der Waals surface area contributed by atoms with Crippen LogP contribution in [0.3, 0.4) is 0 Å². The van der Waals surface area contributed by atoms with Crippen molar-refractivity contribution in [2.24, 2.45) is 5.92 Å². The quantitative estimate of drug-likeness (QED) is 0.800. The third-order valence-electron chi connectivity index (χ3n) is 2.06. The maximum absolute atomic E-state index is 12.0. The molecule has 0 bridgehead atoms. The number of hydrogen-bond acceptors (Lipinski definition) is 3. The van der Waals surface area contributed by atoms with E-state index in [0.29, 0.717) is 12.5 Å². The second-order valence-corrected chi connectivity index (χ2v) is 4.19. The summed E-state index contributed by atoms with van der Waals surface area (Å²) in [6.07, 6.45) is -0.944. The first-order valence-electron chi connectivity index (χ1n) is 5.65. The Hall–Kier alpha value is -1.23. The summed E-state index contributed by atoms with van der Waals surface area (Å²) in [4.78, 5) is 3.95. The van der Waals surface area contributed by atoms with Crippen molar-refractivity contribution in [2.45, 2.75) is 26.8 Å². The molecule has 1 aromatic rings. The molecule has 0 amide bonds. The van der Waals surface area contributed by atoms with Gasteiger partial charge in [0.15, 0.2) is 6.61 Å². The van der Waals surface area contributed by atoms with E-state index in [1.807, 2.05) is 6.07 Å². The van der Waals surface area contributed by atoms with Gasteiger partial charge in [0, 0.05) is 18.3 Å². The lowest BCUT2D eigenvalue weighted by atomic mass is 10.2. The summed E-state index contributed by atoms with van der Waals surface area (Å²) >= 11 is 0. The normalized spacial score (nSPS) is 11.2. The fraction of sp³-hybridized carbons (Fsp3) is 0.583. The van der Waals surface area contributed by atoms with Crippen LogP contribution in [-0.2, 0) is 6.54 Å². The number of aromatic nitrogens is 1. The largest absolute Gasteiger partial charge is 0.471 e. The number of pyridine rings is 1. The molecule has 0 aliphatic rings. The van der Waals surface area contributed by atoms with Gasteiger partial charge in [0.2, 0.25) is 5.88 Å². The number of nitrogens with one attached hydrogen (secondary N) is 1. The summed E-state index contributed by atoms with van der Waals surface area (Å²) in [5, 5.41) is 3.22. The molecule has 1 heterocycles. The van der Waals surface area contributed by atoms with Crippen molar-refractivity contribution < 1.29 is 13.5 Å². The minimum Gasteiger partial charge on any atom is -0.471 e. The van der Waals surface area contributed by atoms with Crippen molar-refractivity contribution in [1.29, 1.82) is 0 Å². The Morgan fingerprint density at radius 1 is 1.41 bits per heavy atom. The Balaban J connectivity index is 2.51. The Morgan fingerprint density at radius 3 is 2.82 bits per heavy atom. The van der Waals surface area contributed by atoms with Gasteiger partial charge in [0.05, 0.1) is 0 Å². The van der Waals surface area contributed by atoms with E-state index in [1.165, 1.54) is 6.20 Å². The highest BCUT2D eigenvalue weighted by atomic mass is 19.3. The van der Waals surface area contributed by atoms with Crippen LogP contribution in [0, 0.1) is 5.92 Å². The molecular weight excluding hydrogens is 226 g/mol. The van der Waals surface area contributed by atoms with E-state index in [0.717, 1.165) is 12.1 Å². The summed E-state index contributed by atoms with van der Waals surface area (Å²) in [6, 6.07) is 3.59. The standard InChI is InChI=1S/C12H18F2N2O/c1-9(2)6-15-7-10-4-3-5-16-12(10)17-8-11(13)14/h3-5,9,11,15H,6-8H2,1-2H3. The number of halogens is 2. The lowest BCUT2D eigenvalue weighted by molar-refractivity contribution is 0.0790. The molecule has 0 radical (unpaired) electrons. The predicted molar refractivity (Wildman–Crippen MR) is 62.3 cm³/mol. The van der Waals surface area contributed by atoms with E-state index < -0.39 is 13.0 Å². The van der Waals surface area contributed by atoms with Crippen LogP contribution in [0.15, 0.2) is 18.3 Å². The van der Waals surface area contributed by atoms with Crippen LogP contribution in [-0.4, -0.2) is 24.6 Å². The topological polar surface area (TPSA) is 34.2 Å². The number of alkyl halides is 2. The lowest BCUT2D eigenvalue weighted by Crippen LogP contribution is -2.20. The van der Waals surface area contributed by atoms with E-state index in [9.17, 15) is 8.78 Å². The van der Waals surface area contributed by atoms with E-state index in [1.54, 1.807) is 6.07 Å². The van der Waals surface area contributed by atoms with Crippen LogP contribution in [0.5, 0.6) is 5.88 Å². The highest BCUT2D eigenvalue weighted by Gasteiger charge is 2.08. The molecular formula is C12H18F2N2O. The van der Waals surface area contributed by atoms with Gasteiger partial charge in [-0.2, -0.15) is 0 Å². The fourth-order valence-corrected chi connectivity index (χ4v) is 1.33. The molecule has 0 atom stereocenters. The molecule has 0 aliphatic carbocycles. The molecule has 0 fully saturated rings. The summed E-state index contributed by atoms with van der Waals surface area (Å²) in [6.45, 7) is 5.02. The number of rotatable bonds is 7. The monoisotopic (exact) mass is 244 g/mol. The average molecular weight is 244 g/mol. The molecule has 1 rings (SSSR count). The first-order chi connectivity index (χ1) is 8.09. The molecule has 0 spiro atoms. The third kappa shape index (κ3) is 5.58. The first kappa shape index (κ1) is 13.8. The van der Waals surface area contributed by atoms with Gasteiger partial charge in [-0.25, -0.2) is 13.8 Å². The molecule has 0 aromatic carbocycles. The first-order valence-corrected chi connectivity index (χ1v) is 5.65. The van der Waals surface area contributed by atoms with Crippen LogP contribution >= 0.6 is 0 Å². The van der Waals surface area contributed by atoms with Gasteiger partial charge in [0.25, 0.3) is 6.43 Å². The molecule has 0 unspecified atom stereocenters. The third-order valence-corrected chi connectivity index (χ3v) is 2.06. The lowest BCUT2D eigenvalue weighted by Gasteiger charge is -2.11. The Labute approximate surface area is 100 Å². The minimum absolute atomic E-state index is 0.282. The van der Waals surface area contributed by atoms with Crippen molar-refractivity contribution in [1.82, 2.24) is 10.3 Å². The van der Waals surface area contributed by atoms with Gasteiger partial charge in [-0.05, 0) is 18.5 Å². The van der Waals surface area contributed by atoms with Crippen molar-refractivity contribution in [3.05, 3.63) is 23.9 Å². The number of hydrogen-bond donors (Lipinski definition) is 1. The summed E-state index contributed by atoms with van der Waals surface area (Å²) in [5.74, 6) is 0.821. The van der Waals surface area contributed by atoms with Crippen LogP contribution in [0.25, 0.3) is 0 Å². The molecule has 0 saturated heterocycles. The second kappa shape index (κ2) is 7.17. The van der Waals surface area contributed by atoms with Crippen molar-refractivity contribution in [3.63, 3.8) is 0 Å². The smallest absolute Gasteiger partial charge is 0.272 e. The molecule has 0 aliphatic heterocycles. The van der Waals surface area contributed by atoms with Gasteiger partial charge >= 0.3 is 0 Å². The van der Waals surface area contributed by atoms with E-state index in [4.69, 9.17) is 4.74 Å². The highest BCUT2D eigenvalue weighted by molar-refractivity contribution is 5.25. The summed E-state index contributed by atoms with van der Waals surface area (Å²) < 4.78 is 29.0. The van der Waals surface area contributed by atoms with Gasteiger partial charge in [-0.3, -0.25) is 0 Å². The zero-order chi connectivity index (χ0) is 12.7. The number of ether oxygens (including phenoxy) is 1. The predicted octanol–water partition coefficient (Wildman–Crippen LogP) is 2.47. The van der Waals surface area contributed by atoms with Crippen molar-refractivity contribution >= 4 is 0 Å². The fourth-order valence-electron chi connectivity index (χ4n) is 1.33. The van der Waals surface area contributed by atoms with Gasteiger partial charge in [0.1, 0.15) is 0 Å². The Kier molecular flexibility index (Phi) is 5.83. The summed E-state index contributed by atoms with van der Waals surface area (Å²) in [7, 11) is 0. The molecule has 96 valence electrons. The maximum Gasteiger partial charge on any atom is 0.272 e. The SMILES string of the molecule is CC(C)CNCc1cccnc1OCC(F)F. The van der Waals surface area contributed by atoms with Crippen LogP contribution in [0.2, 0.25) is 0 Å². The highest BCUT2D eigenvalue weighted by Crippen LogP contribution is 2.14. The zero-order valence-electron chi connectivity index (χ0n) is 10.1. The van der Waals surface area contributed by atoms with Crippen LogP contribution in [0.4, 0.5) is 8.78 Å². The maximum atomic E-state index is 12.0. The second-order valence-electron chi connectivity index (χ2n) is 4.19. The average Bonchev–Trinajstić information content (AvgIpc) is 2.27. The Bertz CT molecular complexity index is 332. The minimum atomic E-state index is -2.48. The van der Waals surface area contributed by atoms with Crippen LogP contribution < -0.4 is 10.1 Å².